The first-order chi connectivity index (χ1) is 13.2. The van der Waals surface area contributed by atoms with Gasteiger partial charge in [0.25, 0.3) is 0 Å². The number of allylic oxidation sites excluding steroid dienone is 1. The van der Waals surface area contributed by atoms with E-state index in [0.29, 0.717) is 0 Å². The highest BCUT2D eigenvalue weighted by Crippen LogP contribution is 2.28. The van der Waals surface area contributed by atoms with Crippen LogP contribution in [0.5, 0.6) is 0 Å². The van der Waals surface area contributed by atoms with Crippen LogP contribution in [-0.4, -0.2) is 23.8 Å². The van der Waals surface area contributed by atoms with E-state index in [1.165, 1.54) is 0 Å². The molecule has 4 rings (SSSR count). The molecule has 0 bridgehead atoms. The first-order valence-corrected chi connectivity index (χ1v) is 9.84. The van der Waals surface area contributed by atoms with E-state index in [0.717, 1.165) is 56.2 Å². The van der Waals surface area contributed by atoms with E-state index < -0.39 is 0 Å². The number of anilines is 1. The number of hydrogen-bond acceptors (Lipinski definition) is 3. The lowest BCUT2D eigenvalue weighted by Crippen LogP contribution is -2.03. The van der Waals surface area contributed by atoms with Gasteiger partial charge in [-0.3, -0.25) is 9.98 Å². The third-order valence-corrected chi connectivity index (χ3v) is 5.10. The van der Waals surface area contributed by atoms with Gasteiger partial charge in [-0.15, -0.1) is 0 Å². The molecule has 0 saturated heterocycles. The van der Waals surface area contributed by atoms with Crippen molar-refractivity contribution in [3.05, 3.63) is 87.6 Å². The van der Waals surface area contributed by atoms with Gasteiger partial charge in [-0.2, -0.15) is 0 Å². The minimum Gasteiger partial charge on any atom is -0.383 e. The molecule has 1 N–H and O–H groups in total. The summed E-state index contributed by atoms with van der Waals surface area (Å²) in [5, 5.41) is 4.11. The molecule has 1 aromatic heterocycles. The minimum absolute atomic E-state index is 0.718. The number of halogens is 2. The number of aromatic nitrogens is 1. The van der Waals surface area contributed by atoms with Gasteiger partial charge in [0.05, 0.1) is 12.3 Å². The SMILES string of the molecule is Clc1ccc2c(c1)NCCN=C2/C=C/c1cnccc1-c1cccc(Br)c1. The van der Waals surface area contributed by atoms with Crippen molar-refractivity contribution < 1.29 is 0 Å². The summed E-state index contributed by atoms with van der Waals surface area (Å²) in [5.41, 5.74) is 6.33. The lowest BCUT2D eigenvalue weighted by molar-refractivity contribution is 1.04. The maximum absolute atomic E-state index is 6.14. The van der Waals surface area contributed by atoms with Gasteiger partial charge in [-0.25, -0.2) is 0 Å². The smallest absolute Gasteiger partial charge is 0.0668 e. The summed E-state index contributed by atoms with van der Waals surface area (Å²) in [6.45, 7) is 1.51. The number of benzodiazepines with no additional fused rings is 1. The van der Waals surface area contributed by atoms with Crippen LogP contribution in [0, 0.1) is 0 Å². The Morgan fingerprint density at radius 1 is 1.04 bits per heavy atom. The molecule has 0 fully saturated rings. The number of benzene rings is 2. The van der Waals surface area contributed by atoms with Gasteiger partial charge in [-0.05, 0) is 53.6 Å². The van der Waals surface area contributed by atoms with Gasteiger partial charge in [-0.1, -0.05) is 45.7 Å². The minimum atomic E-state index is 0.718. The van der Waals surface area contributed by atoms with Crippen molar-refractivity contribution in [2.75, 3.05) is 18.4 Å². The van der Waals surface area contributed by atoms with Crippen molar-refractivity contribution in [2.24, 2.45) is 4.99 Å². The lowest BCUT2D eigenvalue weighted by atomic mass is 10.0. The Kier molecular flexibility index (Phi) is 5.37. The summed E-state index contributed by atoms with van der Waals surface area (Å²) in [5.74, 6) is 0. The summed E-state index contributed by atoms with van der Waals surface area (Å²) < 4.78 is 1.05. The number of fused-ring (bicyclic) bond motifs is 1. The highest BCUT2D eigenvalue weighted by molar-refractivity contribution is 9.10. The van der Waals surface area contributed by atoms with E-state index >= 15 is 0 Å². The highest BCUT2D eigenvalue weighted by atomic mass is 79.9. The van der Waals surface area contributed by atoms with Gasteiger partial charge < -0.3 is 5.32 Å². The third-order valence-electron chi connectivity index (χ3n) is 4.38. The fourth-order valence-corrected chi connectivity index (χ4v) is 3.68. The van der Waals surface area contributed by atoms with Crippen LogP contribution in [0.15, 0.2) is 76.5 Å². The summed E-state index contributed by atoms with van der Waals surface area (Å²) in [6, 6.07) is 16.2. The average Bonchev–Trinajstić information content (AvgIpc) is 2.88. The quantitative estimate of drug-likeness (QED) is 0.537. The fourth-order valence-electron chi connectivity index (χ4n) is 3.11. The Morgan fingerprint density at radius 2 is 1.96 bits per heavy atom. The highest BCUT2D eigenvalue weighted by Gasteiger charge is 2.11. The Balaban J connectivity index is 1.72. The van der Waals surface area contributed by atoms with Crippen LogP contribution in [-0.2, 0) is 0 Å². The number of aliphatic imine (C=N–C) groups is 1. The topological polar surface area (TPSA) is 37.3 Å². The zero-order valence-corrected chi connectivity index (χ0v) is 16.8. The van der Waals surface area contributed by atoms with Crippen molar-refractivity contribution in [2.45, 2.75) is 0 Å². The van der Waals surface area contributed by atoms with Crippen LogP contribution < -0.4 is 5.32 Å². The monoisotopic (exact) mass is 437 g/mol. The van der Waals surface area contributed by atoms with E-state index in [1.807, 2.05) is 48.8 Å². The molecule has 0 radical (unpaired) electrons. The molecule has 0 saturated carbocycles. The lowest BCUT2D eigenvalue weighted by Gasteiger charge is -2.09. The number of hydrogen-bond donors (Lipinski definition) is 1. The van der Waals surface area contributed by atoms with Crippen LogP contribution in [0.1, 0.15) is 11.1 Å². The van der Waals surface area contributed by atoms with E-state index in [9.17, 15) is 0 Å². The summed E-state index contributed by atoms with van der Waals surface area (Å²) in [7, 11) is 0. The summed E-state index contributed by atoms with van der Waals surface area (Å²) in [6.07, 6.45) is 7.83. The van der Waals surface area contributed by atoms with Crippen molar-refractivity contribution in [1.29, 1.82) is 0 Å². The first kappa shape index (κ1) is 18.0. The average molecular weight is 439 g/mol. The van der Waals surface area contributed by atoms with E-state index in [4.69, 9.17) is 16.6 Å². The molecule has 0 unspecified atom stereocenters. The van der Waals surface area contributed by atoms with Gasteiger partial charge in [0.2, 0.25) is 0 Å². The predicted octanol–water partition coefficient (Wildman–Crippen LogP) is 6.09. The number of rotatable bonds is 3. The maximum Gasteiger partial charge on any atom is 0.0668 e. The Labute approximate surface area is 172 Å². The third kappa shape index (κ3) is 4.12. The van der Waals surface area contributed by atoms with Crippen LogP contribution in [0.3, 0.4) is 0 Å². The molecule has 0 spiro atoms. The maximum atomic E-state index is 6.14. The van der Waals surface area contributed by atoms with Crippen LogP contribution in [0.25, 0.3) is 17.2 Å². The number of nitrogens with one attached hydrogen (secondary N) is 1. The zero-order chi connectivity index (χ0) is 18.6. The molecule has 134 valence electrons. The van der Waals surface area contributed by atoms with E-state index in [2.05, 4.69) is 50.5 Å². The van der Waals surface area contributed by atoms with Crippen molar-refractivity contribution in [3.63, 3.8) is 0 Å². The second kappa shape index (κ2) is 8.07. The standard InChI is InChI=1S/C22H17BrClN3/c23-17-3-1-2-15(12-17)19-8-9-25-14-16(19)4-7-21-20-6-5-18(24)13-22(20)27-11-10-26-21/h1-9,12-14,27H,10-11H2/b7-4+. The number of pyridine rings is 1. The van der Waals surface area contributed by atoms with Gasteiger partial charge in [0.1, 0.15) is 0 Å². The molecular formula is C22H17BrClN3. The number of nitrogens with zero attached hydrogens (tertiary/aromatic N) is 2. The first-order valence-electron chi connectivity index (χ1n) is 8.67. The molecule has 3 aromatic rings. The Morgan fingerprint density at radius 3 is 2.85 bits per heavy atom. The van der Waals surface area contributed by atoms with Gasteiger partial charge in [0.15, 0.2) is 0 Å². The van der Waals surface area contributed by atoms with Crippen molar-refractivity contribution in [3.8, 4) is 11.1 Å². The molecule has 1 aliphatic rings. The largest absolute Gasteiger partial charge is 0.383 e. The molecule has 27 heavy (non-hydrogen) atoms. The fraction of sp³-hybridized carbons (Fsp3) is 0.0909. The van der Waals surface area contributed by atoms with E-state index in [-0.39, 0.29) is 0 Å². The zero-order valence-electron chi connectivity index (χ0n) is 14.5. The van der Waals surface area contributed by atoms with Crippen molar-refractivity contribution in [1.82, 2.24) is 4.98 Å². The normalized spacial score (nSPS) is 13.6. The van der Waals surface area contributed by atoms with Crippen molar-refractivity contribution >= 4 is 45.0 Å². The molecule has 1 aliphatic heterocycles. The molecule has 0 atom stereocenters. The Bertz CT molecular complexity index is 1040. The predicted molar refractivity (Wildman–Crippen MR) is 118 cm³/mol. The Hall–Kier alpha value is -2.43. The van der Waals surface area contributed by atoms with Crippen LogP contribution >= 0.6 is 27.5 Å². The van der Waals surface area contributed by atoms with Gasteiger partial charge >= 0.3 is 0 Å². The summed E-state index contributed by atoms with van der Waals surface area (Å²) >= 11 is 9.69. The summed E-state index contributed by atoms with van der Waals surface area (Å²) in [4.78, 5) is 9.02. The second-order valence-electron chi connectivity index (χ2n) is 6.19. The van der Waals surface area contributed by atoms with Gasteiger partial charge in [0, 0.05) is 45.2 Å². The molecule has 2 aromatic carbocycles. The van der Waals surface area contributed by atoms with Crippen LogP contribution in [0.2, 0.25) is 5.02 Å². The molecule has 5 heteroatoms. The molecule has 0 amide bonds. The van der Waals surface area contributed by atoms with Crippen LogP contribution in [0.4, 0.5) is 5.69 Å². The second-order valence-corrected chi connectivity index (χ2v) is 7.54. The molecule has 2 heterocycles. The molecular weight excluding hydrogens is 422 g/mol. The molecule has 3 nitrogen and oxygen atoms in total. The molecule has 0 aliphatic carbocycles. The van der Waals surface area contributed by atoms with E-state index in [1.54, 1.807) is 0 Å².